The quantitative estimate of drug-likeness (QED) is 0.172. The zero-order valence-electron chi connectivity index (χ0n) is 30.2. The summed E-state index contributed by atoms with van der Waals surface area (Å²) >= 11 is 0. The average molecular weight is 717 g/mol. The van der Waals surface area contributed by atoms with Crippen molar-refractivity contribution < 1.29 is 4.42 Å². The average Bonchev–Trinajstić information content (AvgIpc) is 3.83. The van der Waals surface area contributed by atoms with Crippen LogP contribution in [0, 0.1) is 0 Å². The molecule has 0 bridgehead atoms. The third-order valence-electron chi connectivity index (χ3n) is 10.7. The molecule has 8 aromatic carbocycles. The first-order chi connectivity index (χ1) is 27.8. The van der Waals surface area contributed by atoms with Crippen molar-refractivity contribution in [2.45, 2.75) is 0 Å². The maximum Gasteiger partial charge on any atom is 0.164 e. The van der Waals surface area contributed by atoms with Crippen molar-refractivity contribution >= 4 is 43.7 Å². The van der Waals surface area contributed by atoms with Crippen LogP contribution in [0.2, 0.25) is 0 Å². The van der Waals surface area contributed by atoms with E-state index in [-0.39, 0.29) is 0 Å². The van der Waals surface area contributed by atoms with E-state index in [4.69, 9.17) is 19.4 Å². The molecule has 3 heterocycles. The van der Waals surface area contributed by atoms with E-state index in [1.165, 1.54) is 5.39 Å². The van der Waals surface area contributed by atoms with E-state index >= 15 is 0 Å². The molecule has 0 saturated heterocycles. The maximum absolute atomic E-state index is 6.95. The molecule has 56 heavy (non-hydrogen) atoms. The summed E-state index contributed by atoms with van der Waals surface area (Å²) in [6, 6.07) is 67.3. The summed E-state index contributed by atoms with van der Waals surface area (Å²) in [7, 11) is 0. The van der Waals surface area contributed by atoms with Crippen LogP contribution < -0.4 is 0 Å². The highest BCUT2D eigenvalue weighted by Gasteiger charge is 2.21. The molecule has 262 valence electrons. The maximum atomic E-state index is 6.95. The molecule has 0 aliphatic carbocycles. The molecular weight excluding hydrogens is 685 g/mol. The molecule has 11 rings (SSSR count). The van der Waals surface area contributed by atoms with Gasteiger partial charge in [0.25, 0.3) is 0 Å². The molecule has 0 aliphatic heterocycles. The molecule has 0 saturated carbocycles. The van der Waals surface area contributed by atoms with Crippen LogP contribution >= 0.6 is 0 Å². The molecule has 0 N–H and O–H groups in total. The third kappa shape index (κ3) is 5.29. The van der Waals surface area contributed by atoms with Crippen molar-refractivity contribution in [1.82, 2.24) is 19.5 Å². The van der Waals surface area contributed by atoms with E-state index in [1.807, 2.05) is 66.7 Å². The van der Waals surface area contributed by atoms with E-state index < -0.39 is 0 Å². The fraction of sp³-hybridized carbons (Fsp3) is 0. The van der Waals surface area contributed by atoms with E-state index in [2.05, 4.69) is 132 Å². The van der Waals surface area contributed by atoms with Crippen LogP contribution in [-0.4, -0.2) is 19.5 Å². The van der Waals surface area contributed by atoms with Gasteiger partial charge in [-0.15, -0.1) is 0 Å². The van der Waals surface area contributed by atoms with E-state index in [1.54, 1.807) is 0 Å². The predicted octanol–water partition coefficient (Wildman–Crippen LogP) is 13.2. The Bertz CT molecular complexity index is 3170. The molecule has 0 unspecified atom stereocenters. The fourth-order valence-corrected chi connectivity index (χ4v) is 8.01. The zero-order valence-corrected chi connectivity index (χ0v) is 30.2. The number of nitrogens with zero attached hydrogens (tertiary/aromatic N) is 4. The Labute approximate surface area is 322 Å². The second-order valence-electron chi connectivity index (χ2n) is 14.0. The van der Waals surface area contributed by atoms with Crippen molar-refractivity contribution in [3.8, 4) is 62.1 Å². The lowest BCUT2D eigenvalue weighted by Gasteiger charge is -2.14. The van der Waals surface area contributed by atoms with Gasteiger partial charge in [0.1, 0.15) is 5.58 Å². The zero-order chi connectivity index (χ0) is 37.0. The van der Waals surface area contributed by atoms with Crippen LogP contribution in [0.25, 0.3) is 106 Å². The van der Waals surface area contributed by atoms with Gasteiger partial charge in [0.2, 0.25) is 0 Å². The number of hydrogen-bond donors (Lipinski definition) is 0. The van der Waals surface area contributed by atoms with Crippen LogP contribution in [0.5, 0.6) is 0 Å². The van der Waals surface area contributed by atoms with Gasteiger partial charge in [-0.3, -0.25) is 0 Å². The van der Waals surface area contributed by atoms with Gasteiger partial charge in [0.15, 0.2) is 23.1 Å². The van der Waals surface area contributed by atoms with Crippen LogP contribution in [0.3, 0.4) is 0 Å². The molecule has 0 fully saturated rings. The van der Waals surface area contributed by atoms with Crippen molar-refractivity contribution in [2.24, 2.45) is 0 Å². The fourth-order valence-electron chi connectivity index (χ4n) is 8.01. The molecule has 0 aliphatic rings. The second kappa shape index (κ2) is 13.0. The second-order valence-corrected chi connectivity index (χ2v) is 14.0. The molecular formula is C51H32N4O. The Balaban J connectivity index is 1.15. The Morgan fingerprint density at radius 3 is 1.61 bits per heavy atom. The number of para-hydroxylation sites is 2. The van der Waals surface area contributed by atoms with E-state index in [0.717, 1.165) is 83.0 Å². The Morgan fingerprint density at radius 1 is 0.357 bits per heavy atom. The van der Waals surface area contributed by atoms with E-state index in [9.17, 15) is 0 Å². The summed E-state index contributed by atoms with van der Waals surface area (Å²) in [6.45, 7) is 0. The van der Waals surface area contributed by atoms with Crippen molar-refractivity contribution in [1.29, 1.82) is 0 Å². The lowest BCUT2D eigenvalue weighted by atomic mass is 9.94. The summed E-state index contributed by atoms with van der Waals surface area (Å²) in [5, 5.41) is 4.50. The summed E-state index contributed by atoms with van der Waals surface area (Å²) in [6.07, 6.45) is 0. The Morgan fingerprint density at radius 2 is 0.911 bits per heavy atom. The van der Waals surface area contributed by atoms with Gasteiger partial charge in [-0.1, -0.05) is 152 Å². The number of hydrogen-bond acceptors (Lipinski definition) is 4. The minimum Gasteiger partial charge on any atom is -0.454 e. The summed E-state index contributed by atoms with van der Waals surface area (Å²) in [5.74, 6) is 1.84. The topological polar surface area (TPSA) is 56.7 Å². The highest BCUT2D eigenvalue weighted by atomic mass is 16.3. The minimum absolute atomic E-state index is 0.601. The minimum atomic E-state index is 0.601. The SMILES string of the molecule is c1ccc(-c2ccc(-c3ccc4c(c3)oc3c4ccc4c5ccccc5n(-c5ccccc5)c43)c(-c3nc(-c4ccccc4)nc(-c4ccccc4)n3)c2)cc1. The van der Waals surface area contributed by atoms with Crippen molar-refractivity contribution in [3.63, 3.8) is 0 Å². The Kier molecular flexibility index (Phi) is 7.42. The summed E-state index contributed by atoms with van der Waals surface area (Å²) < 4.78 is 9.28. The molecule has 0 spiro atoms. The highest BCUT2D eigenvalue weighted by Crippen LogP contribution is 2.42. The van der Waals surface area contributed by atoms with Crippen LogP contribution in [0.4, 0.5) is 0 Å². The van der Waals surface area contributed by atoms with Crippen LogP contribution in [0.1, 0.15) is 0 Å². The first kappa shape index (κ1) is 31.9. The molecule has 0 atom stereocenters. The van der Waals surface area contributed by atoms with Gasteiger partial charge in [-0.25, -0.2) is 15.0 Å². The van der Waals surface area contributed by atoms with Gasteiger partial charge in [0, 0.05) is 43.9 Å². The van der Waals surface area contributed by atoms with Gasteiger partial charge >= 0.3 is 0 Å². The molecule has 0 radical (unpaired) electrons. The molecule has 3 aromatic heterocycles. The highest BCUT2D eigenvalue weighted by molar-refractivity contribution is 6.21. The molecule has 5 nitrogen and oxygen atoms in total. The summed E-state index contributed by atoms with van der Waals surface area (Å²) in [5.41, 5.74) is 12.0. The lowest BCUT2D eigenvalue weighted by Crippen LogP contribution is -2.01. The normalized spacial score (nSPS) is 11.6. The first-order valence-electron chi connectivity index (χ1n) is 18.8. The monoisotopic (exact) mass is 716 g/mol. The molecule has 11 aromatic rings. The smallest absolute Gasteiger partial charge is 0.164 e. The Hall–Kier alpha value is -7.63. The number of fused-ring (bicyclic) bond motifs is 7. The number of aromatic nitrogens is 4. The van der Waals surface area contributed by atoms with Gasteiger partial charge in [-0.05, 0) is 64.7 Å². The largest absolute Gasteiger partial charge is 0.454 e. The van der Waals surface area contributed by atoms with Crippen molar-refractivity contribution in [3.05, 3.63) is 194 Å². The number of rotatable bonds is 6. The summed E-state index contributed by atoms with van der Waals surface area (Å²) in [4.78, 5) is 15.3. The van der Waals surface area contributed by atoms with Crippen molar-refractivity contribution in [2.75, 3.05) is 0 Å². The third-order valence-corrected chi connectivity index (χ3v) is 10.7. The van der Waals surface area contributed by atoms with Crippen LogP contribution in [-0.2, 0) is 0 Å². The van der Waals surface area contributed by atoms with E-state index in [0.29, 0.717) is 17.5 Å². The molecule has 5 heteroatoms. The van der Waals surface area contributed by atoms with Gasteiger partial charge in [0.05, 0.1) is 11.0 Å². The predicted molar refractivity (Wildman–Crippen MR) is 229 cm³/mol. The van der Waals surface area contributed by atoms with Crippen LogP contribution in [0.15, 0.2) is 199 Å². The van der Waals surface area contributed by atoms with Gasteiger partial charge < -0.3 is 8.98 Å². The number of furan rings is 1. The molecule has 0 amide bonds. The van der Waals surface area contributed by atoms with Gasteiger partial charge in [-0.2, -0.15) is 0 Å². The number of benzene rings is 8. The standard InChI is InChI=1S/C51H32N4O/c1-5-15-33(16-6-1)36-25-27-39(44(31-36)51-53-49(34-17-7-2-8-18-34)52-50(54-51)35-19-9-3-10-20-35)37-26-28-41-43-30-29-42-40-23-13-14-24-45(40)55(38-21-11-4-12-22-38)47(42)48(43)56-46(41)32-37/h1-32H. The lowest BCUT2D eigenvalue weighted by molar-refractivity contribution is 0.671. The first-order valence-corrected chi connectivity index (χ1v) is 18.8.